The zero-order chi connectivity index (χ0) is 16.9. The summed E-state index contributed by atoms with van der Waals surface area (Å²) in [6.45, 7) is 3.12. The smallest absolute Gasteiger partial charge is 0.339 e. The molecule has 5 nitrogen and oxygen atoms in total. The Labute approximate surface area is 142 Å². The molecule has 1 aromatic carbocycles. The number of esters is 1. The maximum Gasteiger partial charge on any atom is 0.339 e. The average molecular weight is 326 g/mol. The Morgan fingerprint density at radius 3 is 2.67 bits per heavy atom. The zero-order valence-corrected chi connectivity index (χ0v) is 14.1. The van der Waals surface area contributed by atoms with Gasteiger partial charge in [0.25, 0.3) is 0 Å². The van der Waals surface area contributed by atoms with Gasteiger partial charge in [-0.2, -0.15) is 0 Å². The lowest BCUT2D eigenvalue weighted by Crippen LogP contribution is -2.23. The van der Waals surface area contributed by atoms with E-state index in [1.807, 2.05) is 18.2 Å². The third kappa shape index (κ3) is 3.35. The van der Waals surface area contributed by atoms with Crippen molar-refractivity contribution in [2.45, 2.75) is 25.8 Å². The fourth-order valence-corrected chi connectivity index (χ4v) is 3.10. The third-order valence-corrected chi connectivity index (χ3v) is 4.31. The first kappa shape index (κ1) is 16.3. The minimum atomic E-state index is -0.329. The van der Waals surface area contributed by atoms with Gasteiger partial charge in [-0.3, -0.25) is 0 Å². The van der Waals surface area contributed by atoms with Crippen LogP contribution in [0.4, 0.5) is 5.82 Å². The van der Waals surface area contributed by atoms with E-state index in [1.54, 1.807) is 26.3 Å². The highest BCUT2D eigenvalue weighted by Gasteiger charge is 2.27. The number of anilines is 1. The SMILES string of the molecule is CCOC(=O)c1ccc(N2CCC[C@@H]2c2ccc(OC)cc2)nc1. The van der Waals surface area contributed by atoms with Gasteiger partial charge in [0.05, 0.1) is 25.3 Å². The molecule has 1 aliphatic heterocycles. The van der Waals surface area contributed by atoms with Gasteiger partial charge in [-0.1, -0.05) is 12.1 Å². The number of methoxy groups -OCH3 is 1. The number of aromatic nitrogens is 1. The summed E-state index contributed by atoms with van der Waals surface area (Å²) in [6.07, 6.45) is 3.81. The molecular formula is C19H22N2O3. The van der Waals surface area contributed by atoms with Crippen LogP contribution in [0.15, 0.2) is 42.6 Å². The monoisotopic (exact) mass is 326 g/mol. The maximum absolute atomic E-state index is 11.7. The molecule has 0 saturated carbocycles. The number of hydrogen-bond donors (Lipinski definition) is 0. The zero-order valence-electron chi connectivity index (χ0n) is 14.1. The fraction of sp³-hybridized carbons (Fsp3) is 0.368. The van der Waals surface area contributed by atoms with Gasteiger partial charge < -0.3 is 14.4 Å². The molecule has 1 aliphatic rings. The van der Waals surface area contributed by atoms with Crippen LogP contribution in [-0.4, -0.2) is 31.2 Å². The van der Waals surface area contributed by atoms with E-state index in [0.717, 1.165) is 31.0 Å². The molecule has 0 spiro atoms. The molecule has 0 bridgehead atoms. The predicted molar refractivity (Wildman–Crippen MR) is 92.5 cm³/mol. The summed E-state index contributed by atoms with van der Waals surface area (Å²) in [5.41, 5.74) is 1.74. The van der Waals surface area contributed by atoms with E-state index in [0.29, 0.717) is 18.2 Å². The first-order valence-corrected chi connectivity index (χ1v) is 8.26. The Morgan fingerprint density at radius 2 is 2.04 bits per heavy atom. The van der Waals surface area contributed by atoms with Gasteiger partial charge in [-0.25, -0.2) is 9.78 Å². The number of carbonyl (C=O) groups excluding carboxylic acids is 1. The van der Waals surface area contributed by atoms with Gasteiger partial charge in [0.2, 0.25) is 0 Å². The molecule has 126 valence electrons. The Kier molecular flexibility index (Phi) is 4.99. The van der Waals surface area contributed by atoms with Gasteiger partial charge in [0.15, 0.2) is 0 Å². The topological polar surface area (TPSA) is 51.7 Å². The van der Waals surface area contributed by atoms with Crippen molar-refractivity contribution in [2.24, 2.45) is 0 Å². The first-order valence-electron chi connectivity index (χ1n) is 8.26. The van der Waals surface area contributed by atoms with E-state index in [9.17, 15) is 4.79 Å². The molecule has 3 rings (SSSR count). The lowest BCUT2D eigenvalue weighted by Gasteiger charge is -2.26. The van der Waals surface area contributed by atoms with Crippen LogP contribution in [0.3, 0.4) is 0 Å². The number of nitrogens with zero attached hydrogens (tertiary/aromatic N) is 2. The largest absolute Gasteiger partial charge is 0.497 e. The molecular weight excluding hydrogens is 304 g/mol. The molecule has 0 N–H and O–H groups in total. The minimum Gasteiger partial charge on any atom is -0.497 e. The van der Waals surface area contributed by atoms with Crippen LogP contribution in [0.5, 0.6) is 5.75 Å². The van der Waals surface area contributed by atoms with E-state index in [4.69, 9.17) is 9.47 Å². The Bertz CT molecular complexity index is 683. The Hall–Kier alpha value is -2.56. The van der Waals surface area contributed by atoms with Crippen molar-refractivity contribution in [3.05, 3.63) is 53.7 Å². The number of hydrogen-bond acceptors (Lipinski definition) is 5. The molecule has 5 heteroatoms. The van der Waals surface area contributed by atoms with Crippen LogP contribution in [0, 0.1) is 0 Å². The Balaban J connectivity index is 1.78. The van der Waals surface area contributed by atoms with Crippen LogP contribution < -0.4 is 9.64 Å². The quantitative estimate of drug-likeness (QED) is 0.786. The van der Waals surface area contributed by atoms with Gasteiger partial charge in [-0.15, -0.1) is 0 Å². The number of ether oxygens (including phenoxy) is 2. The molecule has 2 heterocycles. The van der Waals surface area contributed by atoms with Crippen LogP contribution in [-0.2, 0) is 4.74 Å². The molecule has 2 aromatic rings. The molecule has 24 heavy (non-hydrogen) atoms. The van der Waals surface area contributed by atoms with Gasteiger partial charge in [0, 0.05) is 12.7 Å². The average Bonchev–Trinajstić information content (AvgIpc) is 3.12. The van der Waals surface area contributed by atoms with Gasteiger partial charge in [-0.05, 0) is 49.6 Å². The maximum atomic E-state index is 11.7. The van der Waals surface area contributed by atoms with Crippen molar-refractivity contribution >= 4 is 11.8 Å². The van der Waals surface area contributed by atoms with Crippen molar-refractivity contribution in [3.63, 3.8) is 0 Å². The van der Waals surface area contributed by atoms with Crippen LogP contribution in [0.2, 0.25) is 0 Å². The summed E-state index contributed by atoms with van der Waals surface area (Å²) >= 11 is 0. The predicted octanol–water partition coefficient (Wildman–Crippen LogP) is 3.61. The summed E-state index contributed by atoms with van der Waals surface area (Å²) < 4.78 is 10.2. The van der Waals surface area contributed by atoms with Gasteiger partial charge in [0.1, 0.15) is 11.6 Å². The van der Waals surface area contributed by atoms with E-state index >= 15 is 0 Å². The van der Waals surface area contributed by atoms with Gasteiger partial charge >= 0.3 is 5.97 Å². The highest BCUT2D eigenvalue weighted by Crippen LogP contribution is 2.35. The summed E-state index contributed by atoms with van der Waals surface area (Å²) in [7, 11) is 1.67. The summed E-state index contributed by atoms with van der Waals surface area (Å²) in [6, 6.07) is 12.2. The third-order valence-electron chi connectivity index (χ3n) is 4.31. The molecule has 1 aromatic heterocycles. The van der Waals surface area contributed by atoms with Crippen molar-refractivity contribution in [1.29, 1.82) is 0 Å². The summed E-state index contributed by atoms with van der Waals surface area (Å²) in [5.74, 6) is 1.42. The Morgan fingerprint density at radius 1 is 1.25 bits per heavy atom. The van der Waals surface area contributed by atoms with E-state index in [2.05, 4.69) is 22.0 Å². The van der Waals surface area contributed by atoms with Crippen molar-refractivity contribution in [1.82, 2.24) is 4.98 Å². The lowest BCUT2D eigenvalue weighted by atomic mass is 10.0. The lowest BCUT2D eigenvalue weighted by molar-refractivity contribution is 0.0526. The van der Waals surface area contributed by atoms with E-state index < -0.39 is 0 Å². The summed E-state index contributed by atoms with van der Waals surface area (Å²) in [5, 5.41) is 0. The number of rotatable bonds is 5. The molecule has 0 aliphatic carbocycles. The molecule has 0 unspecified atom stereocenters. The van der Waals surface area contributed by atoms with Crippen molar-refractivity contribution < 1.29 is 14.3 Å². The highest BCUT2D eigenvalue weighted by atomic mass is 16.5. The molecule has 1 fully saturated rings. The first-order chi connectivity index (χ1) is 11.7. The normalized spacial score (nSPS) is 16.9. The molecule has 1 atom stereocenters. The van der Waals surface area contributed by atoms with Crippen molar-refractivity contribution in [2.75, 3.05) is 25.2 Å². The molecule has 0 radical (unpaired) electrons. The number of pyridine rings is 1. The van der Waals surface area contributed by atoms with Crippen LogP contribution >= 0.6 is 0 Å². The van der Waals surface area contributed by atoms with Crippen molar-refractivity contribution in [3.8, 4) is 5.75 Å². The number of carbonyl (C=O) groups is 1. The second kappa shape index (κ2) is 7.34. The second-order valence-electron chi connectivity index (χ2n) is 5.75. The molecule has 1 saturated heterocycles. The van der Waals surface area contributed by atoms with E-state index in [-0.39, 0.29) is 5.97 Å². The number of benzene rings is 1. The minimum absolute atomic E-state index is 0.303. The summed E-state index contributed by atoms with van der Waals surface area (Å²) in [4.78, 5) is 18.5. The van der Waals surface area contributed by atoms with Crippen LogP contribution in [0.1, 0.15) is 41.7 Å². The standard InChI is InChI=1S/C19H22N2O3/c1-3-24-19(22)15-8-11-18(20-13-15)21-12-4-5-17(21)14-6-9-16(23-2)10-7-14/h6-11,13,17H,3-5,12H2,1-2H3/t17-/m1/s1. The van der Waals surface area contributed by atoms with E-state index in [1.165, 1.54) is 5.56 Å². The molecule has 0 amide bonds. The second-order valence-corrected chi connectivity index (χ2v) is 5.75. The highest BCUT2D eigenvalue weighted by molar-refractivity contribution is 5.89. The van der Waals surface area contributed by atoms with Crippen LogP contribution in [0.25, 0.3) is 0 Å². The fourth-order valence-electron chi connectivity index (χ4n) is 3.10.